The highest BCUT2D eigenvalue weighted by molar-refractivity contribution is 9.10. The molecule has 4 heterocycles. The van der Waals surface area contributed by atoms with E-state index in [1.54, 1.807) is 4.31 Å². The quantitative estimate of drug-likeness (QED) is 0.640. The van der Waals surface area contributed by atoms with E-state index in [4.69, 9.17) is 9.72 Å². The maximum atomic E-state index is 11.8. The van der Waals surface area contributed by atoms with Gasteiger partial charge in [-0.25, -0.2) is 18.4 Å². The van der Waals surface area contributed by atoms with E-state index in [0.29, 0.717) is 39.4 Å². The minimum absolute atomic E-state index is 0.329. The van der Waals surface area contributed by atoms with Crippen LogP contribution in [0, 0.1) is 0 Å². The molecule has 11 heteroatoms. The van der Waals surface area contributed by atoms with Gasteiger partial charge >= 0.3 is 0 Å². The van der Waals surface area contributed by atoms with Gasteiger partial charge in [-0.1, -0.05) is 0 Å². The lowest BCUT2D eigenvalue weighted by Gasteiger charge is -2.42. The Balaban J connectivity index is 1.63. The number of imidazole rings is 1. The van der Waals surface area contributed by atoms with Crippen LogP contribution in [0.3, 0.4) is 0 Å². The zero-order chi connectivity index (χ0) is 20.8. The maximum Gasteiger partial charge on any atom is 0.211 e. The zero-order valence-corrected chi connectivity index (χ0v) is 19.4. The van der Waals surface area contributed by atoms with Crippen LogP contribution in [0.4, 0.5) is 5.82 Å². The standard InChI is InChI=1S/C18H27BrN6O3S/c1-18(2,24-4-6-25(7-5-24)29(3,26)27)14-12-23-13-15(19)21-17(16(23)20-14)22-8-10-28-11-9-22/h12-13H,4-11H2,1-3H3. The first-order valence-electron chi connectivity index (χ1n) is 9.75. The molecule has 0 aromatic carbocycles. The molecule has 0 amide bonds. The fourth-order valence-corrected chi connectivity index (χ4v) is 5.19. The summed E-state index contributed by atoms with van der Waals surface area (Å²) in [4.78, 5) is 14.2. The van der Waals surface area contributed by atoms with Crippen LogP contribution in [0.2, 0.25) is 0 Å². The van der Waals surface area contributed by atoms with Gasteiger partial charge in [-0.2, -0.15) is 4.31 Å². The van der Waals surface area contributed by atoms with E-state index in [0.717, 1.165) is 34.9 Å². The van der Waals surface area contributed by atoms with Crippen LogP contribution in [0.5, 0.6) is 0 Å². The van der Waals surface area contributed by atoms with E-state index in [2.05, 4.69) is 50.8 Å². The Hall–Kier alpha value is -1.27. The molecule has 2 aliphatic heterocycles. The van der Waals surface area contributed by atoms with Crippen LogP contribution >= 0.6 is 15.9 Å². The maximum absolute atomic E-state index is 11.8. The van der Waals surface area contributed by atoms with Gasteiger partial charge in [0.2, 0.25) is 10.0 Å². The van der Waals surface area contributed by atoms with Crippen LogP contribution in [0.1, 0.15) is 19.5 Å². The molecule has 4 rings (SSSR count). The molecule has 0 bridgehead atoms. The van der Waals surface area contributed by atoms with Crippen molar-refractivity contribution >= 4 is 37.4 Å². The molecule has 2 saturated heterocycles. The molecule has 160 valence electrons. The van der Waals surface area contributed by atoms with Gasteiger partial charge in [-0.15, -0.1) is 0 Å². The minimum Gasteiger partial charge on any atom is -0.378 e. The van der Waals surface area contributed by atoms with Crippen molar-refractivity contribution in [2.24, 2.45) is 0 Å². The summed E-state index contributed by atoms with van der Waals surface area (Å²) >= 11 is 3.52. The molecular weight excluding hydrogens is 460 g/mol. The van der Waals surface area contributed by atoms with Crippen LogP contribution in [-0.4, -0.2) is 90.7 Å². The van der Waals surface area contributed by atoms with Crippen molar-refractivity contribution < 1.29 is 13.2 Å². The number of hydrogen-bond acceptors (Lipinski definition) is 7. The first-order valence-corrected chi connectivity index (χ1v) is 12.4. The Labute approximate surface area is 179 Å². The number of rotatable bonds is 4. The molecular formula is C18H27BrN6O3S. The second kappa shape index (κ2) is 7.77. The fourth-order valence-electron chi connectivity index (χ4n) is 3.98. The van der Waals surface area contributed by atoms with Gasteiger partial charge in [0.1, 0.15) is 4.60 Å². The van der Waals surface area contributed by atoms with Crippen molar-refractivity contribution in [3.8, 4) is 0 Å². The third kappa shape index (κ3) is 4.15. The fraction of sp³-hybridized carbons (Fsp3) is 0.667. The van der Waals surface area contributed by atoms with Gasteiger partial charge in [0, 0.05) is 51.7 Å². The number of hydrogen-bond donors (Lipinski definition) is 0. The van der Waals surface area contributed by atoms with Gasteiger partial charge in [-0.05, 0) is 29.8 Å². The predicted molar refractivity (Wildman–Crippen MR) is 115 cm³/mol. The molecule has 9 nitrogen and oxygen atoms in total. The summed E-state index contributed by atoms with van der Waals surface area (Å²) < 4.78 is 33.4. The molecule has 2 aromatic heterocycles. The molecule has 0 aliphatic carbocycles. The Bertz CT molecular complexity index is 994. The number of aromatic nitrogens is 3. The van der Waals surface area contributed by atoms with E-state index >= 15 is 0 Å². The smallest absolute Gasteiger partial charge is 0.211 e. The molecule has 0 atom stereocenters. The van der Waals surface area contributed by atoms with Crippen molar-refractivity contribution in [3.63, 3.8) is 0 Å². The molecule has 0 unspecified atom stereocenters. The SMILES string of the molecule is CC(C)(c1cn2cc(Br)nc(N3CCOCC3)c2n1)N1CCN(S(C)(=O)=O)CC1. The van der Waals surface area contributed by atoms with Gasteiger partial charge in [0.05, 0.1) is 30.7 Å². The second-order valence-electron chi connectivity index (χ2n) is 8.05. The molecule has 0 radical (unpaired) electrons. The molecule has 2 aliphatic rings. The second-order valence-corrected chi connectivity index (χ2v) is 10.8. The zero-order valence-electron chi connectivity index (χ0n) is 17.0. The number of anilines is 1. The number of piperazine rings is 1. The van der Waals surface area contributed by atoms with Crippen molar-refractivity contribution in [2.45, 2.75) is 19.4 Å². The largest absolute Gasteiger partial charge is 0.378 e. The highest BCUT2D eigenvalue weighted by atomic mass is 79.9. The highest BCUT2D eigenvalue weighted by Gasteiger charge is 2.35. The third-order valence-corrected chi connectivity index (χ3v) is 7.51. The lowest BCUT2D eigenvalue weighted by atomic mass is 9.98. The van der Waals surface area contributed by atoms with E-state index in [1.165, 1.54) is 6.26 Å². The summed E-state index contributed by atoms with van der Waals surface area (Å²) in [5.74, 6) is 0.853. The first kappa shape index (κ1) is 21.0. The van der Waals surface area contributed by atoms with Crippen LogP contribution in [0.25, 0.3) is 5.65 Å². The van der Waals surface area contributed by atoms with Crippen LogP contribution in [-0.2, 0) is 20.3 Å². The van der Waals surface area contributed by atoms with Gasteiger partial charge < -0.3 is 14.0 Å². The summed E-state index contributed by atoms with van der Waals surface area (Å²) in [5, 5.41) is 0. The van der Waals surface area contributed by atoms with Crippen molar-refractivity contribution in [3.05, 3.63) is 22.7 Å². The lowest BCUT2D eigenvalue weighted by molar-refractivity contribution is 0.0753. The van der Waals surface area contributed by atoms with E-state index in [9.17, 15) is 8.42 Å². The topological polar surface area (TPSA) is 83.3 Å². The average Bonchev–Trinajstić information content (AvgIpc) is 3.12. The highest BCUT2D eigenvalue weighted by Crippen LogP contribution is 2.31. The molecule has 29 heavy (non-hydrogen) atoms. The number of sulfonamides is 1. The summed E-state index contributed by atoms with van der Waals surface area (Å²) in [6, 6.07) is 0. The molecule has 0 spiro atoms. The lowest BCUT2D eigenvalue weighted by Crippen LogP contribution is -2.54. The monoisotopic (exact) mass is 486 g/mol. The molecule has 0 saturated carbocycles. The summed E-state index contributed by atoms with van der Waals surface area (Å²) in [6.07, 6.45) is 5.25. The number of nitrogens with zero attached hydrogens (tertiary/aromatic N) is 6. The Morgan fingerprint density at radius 1 is 1.03 bits per heavy atom. The number of ether oxygens (including phenoxy) is 1. The Morgan fingerprint density at radius 3 is 2.31 bits per heavy atom. The number of fused-ring (bicyclic) bond motifs is 1. The predicted octanol–water partition coefficient (Wildman–Crippen LogP) is 1.14. The van der Waals surface area contributed by atoms with Crippen molar-refractivity contribution in [1.82, 2.24) is 23.6 Å². The molecule has 2 fully saturated rings. The van der Waals surface area contributed by atoms with Crippen molar-refractivity contribution in [2.75, 3.05) is 63.6 Å². The third-order valence-electron chi connectivity index (χ3n) is 5.83. The summed E-state index contributed by atoms with van der Waals surface area (Å²) in [6.45, 7) is 9.58. The molecule has 2 aromatic rings. The van der Waals surface area contributed by atoms with Gasteiger partial charge in [0.15, 0.2) is 11.5 Å². The van der Waals surface area contributed by atoms with Crippen LogP contribution in [0.15, 0.2) is 17.0 Å². The minimum atomic E-state index is -3.15. The normalized spacial score (nSPS) is 20.5. The average molecular weight is 487 g/mol. The van der Waals surface area contributed by atoms with Gasteiger partial charge in [-0.3, -0.25) is 4.90 Å². The van der Waals surface area contributed by atoms with Crippen LogP contribution < -0.4 is 4.90 Å². The van der Waals surface area contributed by atoms with E-state index < -0.39 is 10.0 Å². The molecule has 0 N–H and O–H groups in total. The van der Waals surface area contributed by atoms with E-state index in [1.807, 2.05) is 10.6 Å². The Morgan fingerprint density at radius 2 is 1.69 bits per heavy atom. The number of halogens is 1. The summed E-state index contributed by atoms with van der Waals surface area (Å²) in [7, 11) is -3.15. The summed E-state index contributed by atoms with van der Waals surface area (Å²) in [5.41, 5.74) is 1.44. The van der Waals surface area contributed by atoms with Gasteiger partial charge in [0.25, 0.3) is 0 Å². The Kier molecular flexibility index (Phi) is 5.62. The first-order chi connectivity index (χ1) is 13.7. The van der Waals surface area contributed by atoms with E-state index in [-0.39, 0.29) is 5.54 Å². The number of morpholine rings is 1. The van der Waals surface area contributed by atoms with Crippen molar-refractivity contribution in [1.29, 1.82) is 0 Å².